The molecule has 26 heavy (non-hydrogen) atoms. The summed E-state index contributed by atoms with van der Waals surface area (Å²) in [5.74, 6) is -1.66. The predicted octanol–water partition coefficient (Wildman–Crippen LogP) is 3.29. The maximum absolute atomic E-state index is 13.3. The minimum Gasteiger partial charge on any atom is -0.497 e. The molecule has 0 amide bonds. The normalized spacial score (nSPS) is 17.3. The molecule has 0 aliphatic heterocycles. The number of nitrogens with zero attached hydrogens (tertiary/aromatic N) is 2. The van der Waals surface area contributed by atoms with Gasteiger partial charge in [-0.2, -0.15) is 4.98 Å². The maximum Gasteiger partial charge on any atom is 0.252 e. The quantitative estimate of drug-likeness (QED) is 0.712. The van der Waals surface area contributed by atoms with Gasteiger partial charge in [0.2, 0.25) is 5.28 Å². The fourth-order valence-electron chi connectivity index (χ4n) is 2.86. The lowest BCUT2D eigenvalue weighted by Gasteiger charge is -2.46. The van der Waals surface area contributed by atoms with E-state index in [1.165, 1.54) is 6.20 Å². The minimum atomic E-state index is -2.81. The van der Waals surface area contributed by atoms with Crippen LogP contribution in [0.3, 0.4) is 0 Å². The smallest absolute Gasteiger partial charge is 0.252 e. The number of hydrogen-bond acceptors (Lipinski definition) is 6. The maximum atomic E-state index is 13.3. The molecular weight excluding hydrogens is 368 g/mol. The van der Waals surface area contributed by atoms with Gasteiger partial charge in [-0.3, -0.25) is 0 Å². The van der Waals surface area contributed by atoms with Gasteiger partial charge in [0.1, 0.15) is 12.4 Å². The first-order valence-electron chi connectivity index (χ1n) is 7.90. The number of halogens is 3. The van der Waals surface area contributed by atoms with Crippen molar-refractivity contribution in [3.05, 3.63) is 41.3 Å². The number of nitrogens with one attached hydrogen (secondary N) is 1. The average molecular weight is 386 g/mol. The van der Waals surface area contributed by atoms with Gasteiger partial charge in [0.15, 0.2) is 11.6 Å². The first kappa shape index (κ1) is 18.6. The first-order chi connectivity index (χ1) is 12.3. The number of aromatic nitrogens is 2. The zero-order valence-corrected chi connectivity index (χ0v) is 14.8. The Balaban J connectivity index is 1.73. The highest BCUT2D eigenvalue weighted by Crippen LogP contribution is 2.47. The topological polar surface area (TPSA) is 76.5 Å². The summed E-state index contributed by atoms with van der Waals surface area (Å²) in [5.41, 5.74) is -0.280. The SMILES string of the molecule is COc1ccc(COc2cnc(Cl)nc2NC2(CO)CC(F)(F)C2)cc1. The van der Waals surface area contributed by atoms with Crippen molar-refractivity contribution < 1.29 is 23.4 Å². The van der Waals surface area contributed by atoms with Crippen molar-refractivity contribution in [3.63, 3.8) is 0 Å². The number of benzene rings is 1. The molecule has 1 heterocycles. The Kier molecular flexibility index (Phi) is 5.15. The Morgan fingerprint density at radius 1 is 1.27 bits per heavy atom. The van der Waals surface area contributed by atoms with Crippen molar-refractivity contribution in [1.82, 2.24) is 9.97 Å². The summed E-state index contributed by atoms with van der Waals surface area (Å²) >= 11 is 5.81. The van der Waals surface area contributed by atoms with Gasteiger partial charge in [-0.15, -0.1) is 0 Å². The van der Waals surface area contributed by atoms with E-state index < -0.39 is 30.9 Å². The molecule has 0 radical (unpaired) electrons. The molecule has 1 fully saturated rings. The van der Waals surface area contributed by atoms with Crippen LogP contribution in [0.1, 0.15) is 18.4 Å². The molecule has 0 saturated heterocycles. The van der Waals surface area contributed by atoms with Gasteiger partial charge in [0, 0.05) is 12.8 Å². The van der Waals surface area contributed by atoms with Gasteiger partial charge < -0.3 is 19.9 Å². The third-order valence-electron chi connectivity index (χ3n) is 4.16. The van der Waals surface area contributed by atoms with E-state index in [0.717, 1.165) is 11.3 Å². The average Bonchev–Trinajstić information content (AvgIpc) is 2.59. The second-order valence-corrected chi connectivity index (χ2v) is 6.60. The zero-order valence-electron chi connectivity index (χ0n) is 14.0. The summed E-state index contributed by atoms with van der Waals surface area (Å²) < 4.78 is 37.4. The van der Waals surface area contributed by atoms with Crippen molar-refractivity contribution >= 4 is 17.4 Å². The fraction of sp³-hybridized carbons (Fsp3) is 0.412. The van der Waals surface area contributed by atoms with Crippen LogP contribution in [0.15, 0.2) is 30.5 Å². The monoisotopic (exact) mass is 385 g/mol. The molecule has 0 unspecified atom stereocenters. The van der Waals surface area contributed by atoms with Crippen molar-refractivity contribution in [2.24, 2.45) is 0 Å². The largest absolute Gasteiger partial charge is 0.497 e. The van der Waals surface area contributed by atoms with E-state index in [1.54, 1.807) is 19.2 Å². The van der Waals surface area contributed by atoms with Crippen LogP contribution in [-0.4, -0.2) is 40.3 Å². The highest BCUT2D eigenvalue weighted by molar-refractivity contribution is 6.28. The molecule has 2 aromatic rings. The Hall–Kier alpha value is -2.19. The number of anilines is 1. The molecule has 1 aliphatic rings. The molecule has 1 aromatic carbocycles. The molecule has 2 N–H and O–H groups in total. The summed E-state index contributed by atoms with van der Waals surface area (Å²) in [6, 6.07) is 7.27. The van der Waals surface area contributed by atoms with Crippen LogP contribution >= 0.6 is 11.6 Å². The van der Waals surface area contributed by atoms with E-state index in [-0.39, 0.29) is 23.5 Å². The van der Waals surface area contributed by atoms with Crippen LogP contribution in [0.25, 0.3) is 0 Å². The fourth-order valence-corrected chi connectivity index (χ4v) is 2.99. The van der Waals surface area contributed by atoms with Gasteiger partial charge >= 0.3 is 0 Å². The molecule has 1 aromatic heterocycles. The molecule has 0 bridgehead atoms. The van der Waals surface area contributed by atoms with Crippen molar-refractivity contribution in [2.75, 3.05) is 19.0 Å². The molecule has 1 aliphatic carbocycles. The highest BCUT2D eigenvalue weighted by Gasteiger charge is 2.56. The van der Waals surface area contributed by atoms with Crippen molar-refractivity contribution in [1.29, 1.82) is 0 Å². The number of aliphatic hydroxyl groups is 1. The lowest BCUT2D eigenvalue weighted by atomic mass is 9.74. The van der Waals surface area contributed by atoms with E-state index in [2.05, 4.69) is 15.3 Å². The molecule has 9 heteroatoms. The number of hydrogen-bond donors (Lipinski definition) is 2. The summed E-state index contributed by atoms with van der Waals surface area (Å²) in [4.78, 5) is 7.88. The van der Waals surface area contributed by atoms with Gasteiger partial charge in [-0.25, -0.2) is 13.8 Å². The summed E-state index contributed by atoms with van der Waals surface area (Å²) in [7, 11) is 1.58. The Labute approximate surface area is 154 Å². The molecule has 140 valence electrons. The third kappa shape index (κ3) is 4.13. The van der Waals surface area contributed by atoms with Crippen molar-refractivity contribution in [2.45, 2.75) is 30.9 Å². The summed E-state index contributed by atoms with van der Waals surface area (Å²) in [6.45, 7) is -0.242. The molecule has 1 saturated carbocycles. The molecule has 0 atom stereocenters. The van der Waals surface area contributed by atoms with Gasteiger partial charge in [-0.05, 0) is 29.3 Å². The van der Waals surface area contributed by atoms with Gasteiger partial charge in [0.25, 0.3) is 5.92 Å². The van der Waals surface area contributed by atoms with Crippen LogP contribution < -0.4 is 14.8 Å². The second-order valence-electron chi connectivity index (χ2n) is 6.26. The summed E-state index contributed by atoms with van der Waals surface area (Å²) in [5, 5.41) is 12.3. The second kappa shape index (κ2) is 7.20. The molecule has 6 nitrogen and oxygen atoms in total. The van der Waals surface area contributed by atoms with Crippen LogP contribution in [0.2, 0.25) is 5.28 Å². The van der Waals surface area contributed by atoms with Crippen molar-refractivity contribution in [3.8, 4) is 11.5 Å². The number of ether oxygens (including phenoxy) is 2. The van der Waals surface area contributed by atoms with E-state index in [1.807, 2.05) is 12.1 Å². The van der Waals surface area contributed by atoms with Gasteiger partial charge in [-0.1, -0.05) is 12.1 Å². The molecule has 3 rings (SSSR count). The van der Waals surface area contributed by atoms with Gasteiger partial charge in [0.05, 0.1) is 25.5 Å². The van der Waals surface area contributed by atoms with Crippen LogP contribution in [-0.2, 0) is 6.61 Å². The van der Waals surface area contributed by atoms with E-state index in [4.69, 9.17) is 21.1 Å². The molecule has 0 spiro atoms. The van der Waals surface area contributed by atoms with E-state index in [9.17, 15) is 13.9 Å². The van der Waals surface area contributed by atoms with E-state index >= 15 is 0 Å². The lowest BCUT2D eigenvalue weighted by Crippen LogP contribution is -2.59. The lowest BCUT2D eigenvalue weighted by molar-refractivity contribution is -0.126. The van der Waals surface area contributed by atoms with Crippen LogP contribution in [0.5, 0.6) is 11.5 Å². The number of rotatable bonds is 7. The van der Waals surface area contributed by atoms with Crippen LogP contribution in [0, 0.1) is 0 Å². The predicted molar refractivity (Wildman–Crippen MR) is 92.0 cm³/mol. The van der Waals surface area contributed by atoms with E-state index in [0.29, 0.717) is 0 Å². The Morgan fingerprint density at radius 3 is 2.54 bits per heavy atom. The summed E-state index contributed by atoms with van der Waals surface area (Å²) in [6.07, 6.45) is 0.384. The standard InChI is InChI=1S/C17H18ClF2N3O3/c1-25-12-4-2-11(3-5-12)7-26-13-6-21-15(18)22-14(13)23-16(10-24)8-17(19,20)9-16/h2-6,24H,7-10H2,1H3,(H,21,22,23). The number of methoxy groups -OCH3 is 1. The minimum absolute atomic E-state index is 0.0523. The number of aliphatic hydroxyl groups excluding tert-OH is 1. The number of alkyl halides is 2. The molecular formula is C17H18ClF2N3O3. The highest BCUT2D eigenvalue weighted by atomic mass is 35.5. The Bertz CT molecular complexity index is 766. The third-order valence-corrected chi connectivity index (χ3v) is 4.34. The Morgan fingerprint density at radius 2 is 1.96 bits per heavy atom. The van der Waals surface area contributed by atoms with Crippen LogP contribution in [0.4, 0.5) is 14.6 Å². The zero-order chi connectivity index (χ0) is 18.8. The first-order valence-corrected chi connectivity index (χ1v) is 8.28.